The number of amides is 1. The van der Waals surface area contributed by atoms with Crippen LogP contribution in [0.15, 0.2) is 59.5 Å². The molecule has 3 aromatic rings. The van der Waals surface area contributed by atoms with Gasteiger partial charge in [0.15, 0.2) is 0 Å². The number of pyridine rings is 1. The monoisotopic (exact) mass is 519 g/mol. The van der Waals surface area contributed by atoms with Gasteiger partial charge in [-0.05, 0) is 56.4 Å². The second kappa shape index (κ2) is 10.8. The average molecular weight is 520 g/mol. The fraction of sp³-hybridized carbons (Fsp3) is 0.250. The van der Waals surface area contributed by atoms with Crippen LogP contribution in [0.4, 0.5) is 24.5 Å². The van der Waals surface area contributed by atoms with Gasteiger partial charge >= 0.3 is 6.18 Å². The molecular formula is C28H24F3N5O2. The maximum absolute atomic E-state index is 13.6. The minimum atomic E-state index is -4.88. The van der Waals surface area contributed by atoms with E-state index in [9.17, 15) is 22.8 Å². The number of rotatable bonds is 3. The van der Waals surface area contributed by atoms with Crippen LogP contribution in [0.2, 0.25) is 0 Å². The average Bonchev–Trinajstić information content (AvgIpc) is 2.89. The highest BCUT2D eigenvalue weighted by molar-refractivity contribution is 6.07. The van der Waals surface area contributed by atoms with Gasteiger partial charge in [-0.3, -0.25) is 9.59 Å². The molecule has 1 fully saturated rings. The zero-order valence-electron chi connectivity index (χ0n) is 20.7. The summed E-state index contributed by atoms with van der Waals surface area (Å²) in [6.45, 7) is 4.15. The van der Waals surface area contributed by atoms with Crippen molar-refractivity contribution in [2.75, 3.05) is 36.9 Å². The van der Waals surface area contributed by atoms with Crippen molar-refractivity contribution in [3.63, 3.8) is 0 Å². The van der Waals surface area contributed by atoms with E-state index in [-0.39, 0.29) is 6.04 Å². The van der Waals surface area contributed by atoms with E-state index in [1.54, 1.807) is 42.5 Å². The number of halogens is 3. The van der Waals surface area contributed by atoms with Gasteiger partial charge in [-0.25, -0.2) is 0 Å². The maximum atomic E-state index is 13.6. The Morgan fingerprint density at radius 2 is 1.71 bits per heavy atom. The van der Waals surface area contributed by atoms with Gasteiger partial charge in [0.2, 0.25) is 5.56 Å². The Hall–Kier alpha value is -4.54. The number of nitriles is 1. The highest BCUT2D eigenvalue weighted by Gasteiger charge is 2.36. The molecule has 2 N–H and O–H groups in total. The van der Waals surface area contributed by atoms with Gasteiger partial charge in [-0.15, -0.1) is 0 Å². The first-order valence-electron chi connectivity index (χ1n) is 11.8. The molecule has 1 aromatic heterocycles. The van der Waals surface area contributed by atoms with Gasteiger partial charge < -0.3 is 20.1 Å². The third kappa shape index (κ3) is 6.05. The summed E-state index contributed by atoms with van der Waals surface area (Å²) in [5.74, 6) is 4.99. The summed E-state index contributed by atoms with van der Waals surface area (Å²) in [6.07, 6.45) is -4.11. The first-order chi connectivity index (χ1) is 18.0. The summed E-state index contributed by atoms with van der Waals surface area (Å²) in [7, 11) is 2.02. The van der Waals surface area contributed by atoms with Crippen LogP contribution in [0.5, 0.6) is 0 Å². The number of aromatic nitrogens is 1. The van der Waals surface area contributed by atoms with Crippen LogP contribution in [0, 0.1) is 23.2 Å². The lowest BCUT2D eigenvalue weighted by atomic mass is 10.1. The van der Waals surface area contributed by atoms with Crippen LogP contribution in [0.1, 0.15) is 39.5 Å². The number of anilines is 2. The summed E-state index contributed by atoms with van der Waals surface area (Å²) in [4.78, 5) is 31.0. The molecule has 0 spiro atoms. The van der Waals surface area contributed by atoms with E-state index in [1.165, 1.54) is 0 Å². The Labute approximate surface area is 217 Å². The van der Waals surface area contributed by atoms with Crippen molar-refractivity contribution in [3.05, 3.63) is 92.9 Å². The Kier molecular flexibility index (Phi) is 7.56. The number of piperazine rings is 1. The molecule has 2 heterocycles. The second-order valence-electron chi connectivity index (χ2n) is 9.02. The van der Waals surface area contributed by atoms with Gasteiger partial charge in [0.05, 0.1) is 34.1 Å². The lowest BCUT2D eigenvalue weighted by Gasteiger charge is -2.39. The third-order valence-corrected chi connectivity index (χ3v) is 6.38. The van der Waals surface area contributed by atoms with Crippen LogP contribution in [-0.2, 0) is 6.18 Å². The zero-order chi connectivity index (χ0) is 27.4. The Bertz CT molecular complexity index is 1510. The molecule has 0 saturated carbocycles. The van der Waals surface area contributed by atoms with Crippen LogP contribution < -0.4 is 15.8 Å². The van der Waals surface area contributed by atoms with E-state index in [4.69, 9.17) is 5.26 Å². The number of hydrogen-bond acceptors (Lipinski definition) is 5. The molecule has 1 saturated heterocycles. The van der Waals surface area contributed by atoms with Crippen LogP contribution in [0.25, 0.3) is 0 Å². The molecule has 0 unspecified atom stereocenters. The van der Waals surface area contributed by atoms with Gasteiger partial charge in [0.25, 0.3) is 5.91 Å². The molecule has 2 aromatic carbocycles. The highest BCUT2D eigenvalue weighted by atomic mass is 19.4. The molecule has 0 bridgehead atoms. The fourth-order valence-corrected chi connectivity index (χ4v) is 4.11. The number of carbonyl (C=O) groups is 1. The number of alkyl halides is 3. The molecule has 194 valence electrons. The van der Waals surface area contributed by atoms with Crippen molar-refractivity contribution < 1.29 is 18.0 Å². The van der Waals surface area contributed by atoms with E-state index >= 15 is 0 Å². The number of H-pyrrole nitrogens is 1. The van der Waals surface area contributed by atoms with E-state index in [2.05, 4.69) is 38.9 Å². The van der Waals surface area contributed by atoms with E-state index < -0.39 is 28.8 Å². The van der Waals surface area contributed by atoms with E-state index in [0.29, 0.717) is 47.2 Å². The van der Waals surface area contributed by atoms with Gasteiger partial charge in [0.1, 0.15) is 0 Å². The summed E-state index contributed by atoms with van der Waals surface area (Å²) in [5.41, 5.74) is -0.289. The maximum Gasteiger partial charge on any atom is 0.417 e. The predicted molar refractivity (Wildman–Crippen MR) is 138 cm³/mol. The van der Waals surface area contributed by atoms with Crippen LogP contribution in [0.3, 0.4) is 0 Å². The lowest BCUT2D eigenvalue weighted by molar-refractivity contribution is -0.138. The molecule has 0 aliphatic carbocycles. The number of aromatic amines is 1. The molecule has 0 radical (unpaired) electrons. The molecule has 1 aliphatic heterocycles. The van der Waals surface area contributed by atoms with Crippen molar-refractivity contribution in [2.45, 2.75) is 19.1 Å². The number of nitrogens with one attached hydrogen (secondary N) is 2. The third-order valence-electron chi connectivity index (χ3n) is 6.38. The molecule has 7 nitrogen and oxygen atoms in total. The molecule has 10 heteroatoms. The Balaban J connectivity index is 1.71. The SMILES string of the molecule is C[C@H]1CN(c2ccc(C#Cc3ccc(C#N)cc3)cc2NC(=O)c2c[nH]c(=O)cc2C(F)(F)F)CCN1C. The number of carbonyl (C=O) groups excluding carboxylic acids is 1. The highest BCUT2D eigenvalue weighted by Crippen LogP contribution is 2.33. The van der Waals surface area contributed by atoms with Gasteiger partial charge in [-0.1, -0.05) is 11.8 Å². The number of benzene rings is 2. The van der Waals surface area contributed by atoms with Crippen molar-refractivity contribution in [2.24, 2.45) is 0 Å². The first-order valence-corrected chi connectivity index (χ1v) is 11.8. The zero-order valence-corrected chi connectivity index (χ0v) is 20.7. The molecule has 1 aliphatic rings. The van der Waals surface area contributed by atoms with E-state index in [1.807, 2.05) is 13.1 Å². The predicted octanol–water partition coefficient (Wildman–Crippen LogP) is 4.06. The topological polar surface area (TPSA) is 92.2 Å². The second-order valence-corrected chi connectivity index (χ2v) is 9.02. The number of nitrogens with zero attached hydrogens (tertiary/aromatic N) is 3. The quantitative estimate of drug-likeness (QED) is 0.510. The molecule has 38 heavy (non-hydrogen) atoms. The smallest absolute Gasteiger partial charge is 0.367 e. The minimum absolute atomic E-state index is 0.221. The standard InChI is InChI=1S/C28H24F3N5O2/c1-18-17-36(12-11-35(18)2)25-10-9-20(6-3-19-4-7-21(15-32)8-5-19)13-24(25)34-27(38)22-16-33-26(37)14-23(22)28(29,30)31/h4-5,7-10,13-14,16,18H,11-12,17H2,1-2H3,(H,33,37)(H,34,38)/t18-/m0/s1. The summed E-state index contributed by atoms with van der Waals surface area (Å²) in [6, 6.07) is 14.5. The number of hydrogen-bond donors (Lipinski definition) is 2. The van der Waals surface area contributed by atoms with Gasteiger partial charge in [0, 0.05) is 49.1 Å². The molecule has 4 rings (SSSR count). The fourth-order valence-electron chi connectivity index (χ4n) is 4.11. The van der Waals surface area contributed by atoms with Crippen molar-refractivity contribution in [1.29, 1.82) is 5.26 Å². The molecular weight excluding hydrogens is 495 g/mol. The van der Waals surface area contributed by atoms with Crippen molar-refractivity contribution >= 4 is 17.3 Å². The number of likely N-dealkylation sites (N-methyl/N-ethyl adjacent to an activating group) is 1. The first kappa shape index (κ1) is 26.5. The summed E-state index contributed by atoms with van der Waals surface area (Å²) in [5, 5.41) is 11.6. The van der Waals surface area contributed by atoms with Gasteiger partial charge in [-0.2, -0.15) is 18.4 Å². The normalized spacial score (nSPS) is 15.8. The molecule has 1 atom stereocenters. The lowest BCUT2D eigenvalue weighted by Crippen LogP contribution is -2.50. The molecule has 1 amide bonds. The van der Waals surface area contributed by atoms with Crippen LogP contribution >= 0.6 is 0 Å². The Morgan fingerprint density at radius 3 is 2.37 bits per heavy atom. The van der Waals surface area contributed by atoms with E-state index in [0.717, 1.165) is 12.7 Å². The Morgan fingerprint density at radius 1 is 1.05 bits per heavy atom. The summed E-state index contributed by atoms with van der Waals surface area (Å²) >= 11 is 0. The largest absolute Gasteiger partial charge is 0.417 e. The van der Waals surface area contributed by atoms with Crippen molar-refractivity contribution in [3.8, 4) is 17.9 Å². The summed E-state index contributed by atoms with van der Waals surface area (Å²) < 4.78 is 40.7. The van der Waals surface area contributed by atoms with Crippen molar-refractivity contribution in [1.82, 2.24) is 9.88 Å². The van der Waals surface area contributed by atoms with Crippen LogP contribution in [-0.4, -0.2) is 48.5 Å². The minimum Gasteiger partial charge on any atom is -0.367 e.